The molecule has 6 rings (SSSR count). The number of nitrogens with one attached hydrogen (secondary N) is 1. The van der Waals surface area contributed by atoms with Gasteiger partial charge in [0.15, 0.2) is 0 Å². The van der Waals surface area contributed by atoms with Crippen LogP contribution in [0.15, 0.2) is 59.7 Å². The van der Waals surface area contributed by atoms with Gasteiger partial charge >= 0.3 is 0 Å². The molecule has 1 aromatic heterocycles. The van der Waals surface area contributed by atoms with Gasteiger partial charge in [-0.3, -0.25) is 9.59 Å². The molecule has 4 bridgehead atoms. The molecular formula is C26H31N3O2. The first-order chi connectivity index (χ1) is 15.1. The molecule has 0 spiro atoms. The predicted octanol–water partition coefficient (Wildman–Crippen LogP) is 3.69. The summed E-state index contributed by atoms with van der Waals surface area (Å²) in [4.78, 5) is 29.4. The topological polar surface area (TPSA) is 63.5 Å². The molecular weight excluding hydrogens is 386 g/mol. The number of carbonyl (C=O) groups excluding carboxylic acids is 2. The summed E-state index contributed by atoms with van der Waals surface area (Å²) < 4.78 is 1.95. The van der Waals surface area contributed by atoms with Crippen molar-refractivity contribution in [2.75, 3.05) is 6.54 Å². The summed E-state index contributed by atoms with van der Waals surface area (Å²) in [5.74, 6) is 2.18. The second-order valence-electron chi connectivity index (χ2n) is 10.0. The van der Waals surface area contributed by atoms with Crippen molar-refractivity contribution in [1.29, 1.82) is 0 Å². The van der Waals surface area contributed by atoms with E-state index in [1.807, 2.05) is 47.2 Å². The molecule has 4 fully saturated rings. The molecule has 0 saturated heterocycles. The molecule has 4 aliphatic carbocycles. The Hall–Kier alpha value is -2.69. The van der Waals surface area contributed by atoms with Crippen LogP contribution < -0.4 is 10.8 Å². The second kappa shape index (κ2) is 8.45. The third-order valence-electron chi connectivity index (χ3n) is 7.49. The highest BCUT2D eigenvalue weighted by atomic mass is 16.2. The zero-order valence-electron chi connectivity index (χ0n) is 18.0. The summed E-state index contributed by atoms with van der Waals surface area (Å²) in [6.45, 7) is 0.609. The summed E-state index contributed by atoms with van der Waals surface area (Å²) >= 11 is 0. The highest BCUT2D eigenvalue weighted by Gasteiger charge is 2.51. The van der Waals surface area contributed by atoms with Gasteiger partial charge in [-0.25, -0.2) is 0 Å². The summed E-state index contributed by atoms with van der Waals surface area (Å²) in [6.07, 6.45) is 10.2. The monoisotopic (exact) mass is 417 g/mol. The standard InChI is InChI=1S/C26H31N3O2/c30-24(16-26-13-20-10-21(14-26)12-22(11-20)15-26)27-17-25(31)28-23-8-4-5-9-29(23)18-19-6-2-1-3-7-19/h1-9,20-22H,10-18H2,(H,27,30). The van der Waals surface area contributed by atoms with Crippen molar-refractivity contribution in [3.05, 3.63) is 65.8 Å². The van der Waals surface area contributed by atoms with Crippen LogP contribution in [0, 0.1) is 23.2 Å². The summed E-state index contributed by atoms with van der Waals surface area (Å²) in [6, 6.07) is 15.7. The quantitative estimate of drug-likeness (QED) is 0.779. The van der Waals surface area contributed by atoms with Crippen molar-refractivity contribution < 1.29 is 9.59 Å². The fraction of sp³-hybridized carbons (Fsp3) is 0.500. The van der Waals surface area contributed by atoms with Gasteiger partial charge < -0.3 is 9.88 Å². The van der Waals surface area contributed by atoms with E-state index < -0.39 is 0 Å². The number of aromatic nitrogens is 1. The van der Waals surface area contributed by atoms with Crippen molar-refractivity contribution in [1.82, 2.24) is 9.88 Å². The molecule has 2 amide bonds. The van der Waals surface area contributed by atoms with Crippen molar-refractivity contribution in [3.63, 3.8) is 0 Å². The zero-order chi connectivity index (χ0) is 21.3. The van der Waals surface area contributed by atoms with E-state index in [2.05, 4.69) is 22.4 Å². The number of benzene rings is 1. The van der Waals surface area contributed by atoms with Crippen LogP contribution in [-0.4, -0.2) is 22.9 Å². The Bertz CT molecular complexity index is 989. The van der Waals surface area contributed by atoms with E-state index in [1.165, 1.54) is 38.5 Å². The van der Waals surface area contributed by atoms with Gasteiger partial charge in [-0.2, -0.15) is 4.99 Å². The van der Waals surface area contributed by atoms with Crippen molar-refractivity contribution in [2.24, 2.45) is 28.2 Å². The Kier molecular flexibility index (Phi) is 5.51. The van der Waals surface area contributed by atoms with Crippen LogP contribution in [-0.2, 0) is 16.1 Å². The first kappa shape index (κ1) is 20.2. The van der Waals surface area contributed by atoms with E-state index in [-0.39, 0.29) is 23.8 Å². The lowest BCUT2D eigenvalue weighted by atomic mass is 9.49. The minimum absolute atomic E-state index is 0.00993. The summed E-state index contributed by atoms with van der Waals surface area (Å²) in [5.41, 5.74) is 1.94. The molecule has 1 N–H and O–H groups in total. The van der Waals surface area contributed by atoms with Gasteiger partial charge in [-0.15, -0.1) is 0 Å². The maximum atomic E-state index is 12.7. The van der Waals surface area contributed by atoms with Gasteiger partial charge in [-0.05, 0) is 79.4 Å². The van der Waals surface area contributed by atoms with E-state index in [4.69, 9.17) is 0 Å². The highest BCUT2D eigenvalue weighted by Crippen LogP contribution is 2.61. The number of pyridine rings is 1. The van der Waals surface area contributed by atoms with Crippen molar-refractivity contribution >= 4 is 11.8 Å². The fourth-order valence-corrected chi connectivity index (χ4v) is 6.73. The number of rotatable bonds is 6. The Labute approximate surface area is 183 Å². The minimum Gasteiger partial charge on any atom is -0.347 e. The number of amides is 2. The van der Waals surface area contributed by atoms with Gasteiger partial charge in [-0.1, -0.05) is 36.4 Å². The molecule has 2 aromatic rings. The highest BCUT2D eigenvalue weighted by molar-refractivity contribution is 5.85. The smallest absolute Gasteiger partial charge is 0.267 e. The number of hydrogen-bond acceptors (Lipinski definition) is 2. The average Bonchev–Trinajstić information content (AvgIpc) is 2.73. The molecule has 0 unspecified atom stereocenters. The average molecular weight is 418 g/mol. The Morgan fingerprint density at radius 1 is 0.935 bits per heavy atom. The number of carbonyl (C=O) groups is 2. The Balaban J connectivity index is 1.20. The molecule has 162 valence electrons. The first-order valence-electron chi connectivity index (χ1n) is 11.6. The zero-order valence-corrected chi connectivity index (χ0v) is 18.0. The lowest BCUT2D eigenvalue weighted by Gasteiger charge is -2.56. The van der Waals surface area contributed by atoms with Crippen molar-refractivity contribution in [2.45, 2.75) is 51.5 Å². The largest absolute Gasteiger partial charge is 0.347 e. The van der Waals surface area contributed by atoms with Crippen LogP contribution in [0.4, 0.5) is 0 Å². The molecule has 0 aliphatic heterocycles. The normalized spacial score (nSPS) is 29.2. The molecule has 4 aliphatic rings. The SMILES string of the molecule is O=C(CNC(=O)CC12CC3CC(CC(C3)C1)C2)N=c1ccccn1Cc1ccccc1. The molecule has 0 atom stereocenters. The van der Waals surface area contributed by atoms with Crippen LogP contribution >= 0.6 is 0 Å². The van der Waals surface area contributed by atoms with Crippen LogP contribution in [0.3, 0.4) is 0 Å². The van der Waals surface area contributed by atoms with E-state index in [1.54, 1.807) is 0 Å². The van der Waals surface area contributed by atoms with Gasteiger partial charge in [0.05, 0.1) is 6.54 Å². The van der Waals surface area contributed by atoms with E-state index in [0.29, 0.717) is 18.5 Å². The van der Waals surface area contributed by atoms with Crippen LogP contribution in [0.1, 0.15) is 50.5 Å². The molecule has 4 saturated carbocycles. The van der Waals surface area contributed by atoms with Gasteiger partial charge in [0, 0.05) is 19.2 Å². The Morgan fingerprint density at radius 3 is 2.26 bits per heavy atom. The van der Waals surface area contributed by atoms with Crippen LogP contribution in [0.25, 0.3) is 0 Å². The number of nitrogens with zero attached hydrogens (tertiary/aromatic N) is 2. The Morgan fingerprint density at radius 2 is 1.58 bits per heavy atom. The molecule has 1 heterocycles. The molecule has 0 radical (unpaired) electrons. The van der Waals surface area contributed by atoms with Crippen molar-refractivity contribution in [3.8, 4) is 0 Å². The molecule has 5 nitrogen and oxygen atoms in total. The maximum absolute atomic E-state index is 12.7. The lowest BCUT2D eigenvalue weighted by molar-refractivity contribution is -0.131. The molecule has 31 heavy (non-hydrogen) atoms. The second-order valence-corrected chi connectivity index (χ2v) is 10.0. The van der Waals surface area contributed by atoms with E-state index in [0.717, 1.165) is 23.3 Å². The van der Waals surface area contributed by atoms with Gasteiger partial charge in [0.25, 0.3) is 5.91 Å². The summed E-state index contributed by atoms with van der Waals surface area (Å²) in [7, 11) is 0. The lowest BCUT2D eigenvalue weighted by Crippen LogP contribution is -2.48. The summed E-state index contributed by atoms with van der Waals surface area (Å²) in [5, 5.41) is 2.86. The molecule has 1 aromatic carbocycles. The van der Waals surface area contributed by atoms with E-state index in [9.17, 15) is 9.59 Å². The molecule has 5 heteroatoms. The third kappa shape index (κ3) is 4.65. The van der Waals surface area contributed by atoms with Gasteiger partial charge in [0.1, 0.15) is 5.49 Å². The van der Waals surface area contributed by atoms with Crippen LogP contribution in [0.2, 0.25) is 0 Å². The van der Waals surface area contributed by atoms with Crippen LogP contribution in [0.5, 0.6) is 0 Å². The fourth-order valence-electron chi connectivity index (χ4n) is 6.73. The van der Waals surface area contributed by atoms with E-state index >= 15 is 0 Å². The minimum atomic E-state index is -0.313. The first-order valence-corrected chi connectivity index (χ1v) is 11.6. The maximum Gasteiger partial charge on any atom is 0.267 e. The third-order valence-corrected chi connectivity index (χ3v) is 7.49. The number of hydrogen-bond donors (Lipinski definition) is 1. The predicted molar refractivity (Wildman–Crippen MR) is 119 cm³/mol. The van der Waals surface area contributed by atoms with Gasteiger partial charge in [0.2, 0.25) is 5.91 Å².